The summed E-state index contributed by atoms with van der Waals surface area (Å²) in [6.07, 6.45) is -3.28. The van der Waals surface area contributed by atoms with Crippen LogP contribution in [0.4, 0.5) is 13.2 Å². The molecule has 0 amide bonds. The van der Waals surface area contributed by atoms with Gasteiger partial charge in [-0.2, -0.15) is 13.2 Å². The third-order valence-electron chi connectivity index (χ3n) is 2.61. The van der Waals surface area contributed by atoms with E-state index < -0.39 is 11.7 Å². The molecule has 6 heteroatoms. The first-order valence-corrected chi connectivity index (χ1v) is 7.15. The number of nitrogens with zero attached hydrogens (tertiary/aromatic N) is 1. The summed E-state index contributed by atoms with van der Waals surface area (Å²) in [4.78, 5) is 3.85. The van der Waals surface area contributed by atoms with Crippen LogP contribution in [0.3, 0.4) is 0 Å². The lowest BCUT2D eigenvalue weighted by atomic mass is 10.2. The Balaban J connectivity index is 0.00000116. The standard InChI is InChI=1S/C14H11ClF3NO.C2H6/c1-9-2-3-13(12(15)6-9)20-8-11-7-10(4-5-19-11)14(16,17)18;1-2/h2-7H,8H2,1H3;1-2H3. The highest BCUT2D eigenvalue weighted by molar-refractivity contribution is 6.32. The molecule has 22 heavy (non-hydrogen) atoms. The zero-order valence-electron chi connectivity index (χ0n) is 12.5. The lowest BCUT2D eigenvalue weighted by Crippen LogP contribution is -2.07. The zero-order chi connectivity index (χ0) is 16.8. The minimum atomic E-state index is -4.39. The van der Waals surface area contributed by atoms with Crippen molar-refractivity contribution in [1.29, 1.82) is 0 Å². The topological polar surface area (TPSA) is 22.1 Å². The molecule has 0 bridgehead atoms. The first-order chi connectivity index (χ1) is 10.4. The lowest BCUT2D eigenvalue weighted by Gasteiger charge is -2.10. The molecule has 0 unspecified atom stereocenters. The van der Waals surface area contributed by atoms with E-state index in [1.165, 1.54) is 0 Å². The van der Waals surface area contributed by atoms with E-state index >= 15 is 0 Å². The van der Waals surface area contributed by atoms with Crippen LogP contribution < -0.4 is 4.74 Å². The minimum Gasteiger partial charge on any atom is -0.486 e. The van der Waals surface area contributed by atoms with Crippen molar-refractivity contribution in [2.24, 2.45) is 0 Å². The molecule has 1 aromatic carbocycles. The maximum atomic E-state index is 12.5. The number of ether oxygens (including phenoxy) is 1. The van der Waals surface area contributed by atoms with E-state index in [2.05, 4.69) is 4.98 Å². The average Bonchev–Trinajstić information content (AvgIpc) is 2.48. The summed E-state index contributed by atoms with van der Waals surface area (Å²) >= 11 is 5.97. The summed E-state index contributed by atoms with van der Waals surface area (Å²) in [5.41, 5.74) is 0.414. The van der Waals surface area contributed by atoms with Gasteiger partial charge in [-0.25, -0.2) is 0 Å². The Morgan fingerprint density at radius 1 is 1.14 bits per heavy atom. The molecule has 0 radical (unpaired) electrons. The highest BCUT2D eigenvalue weighted by atomic mass is 35.5. The second-order valence-corrected chi connectivity index (χ2v) is 4.66. The first-order valence-electron chi connectivity index (χ1n) is 6.77. The van der Waals surface area contributed by atoms with Gasteiger partial charge in [0.2, 0.25) is 0 Å². The monoisotopic (exact) mass is 331 g/mol. The van der Waals surface area contributed by atoms with Gasteiger partial charge in [0, 0.05) is 6.20 Å². The van der Waals surface area contributed by atoms with Crippen LogP contribution >= 0.6 is 11.6 Å². The average molecular weight is 332 g/mol. The highest BCUT2D eigenvalue weighted by Gasteiger charge is 2.30. The van der Waals surface area contributed by atoms with Crippen LogP contribution in [0, 0.1) is 6.92 Å². The smallest absolute Gasteiger partial charge is 0.416 e. The minimum absolute atomic E-state index is 0.0767. The van der Waals surface area contributed by atoms with Gasteiger partial charge in [-0.05, 0) is 36.8 Å². The van der Waals surface area contributed by atoms with Crippen molar-refractivity contribution in [1.82, 2.24) is 4.98 Å². The molecule has 2 rings (SSSR count). The summed E-state index contributed by atoms with van der Waals surface area (Å²) in [6.45, 7) is 5.80. The van der Waals surface area contributed by atoms with E-state index in [1.54, 1.807) is 18.2 Å². The van der Waals surface area contributed by atoms with Crippen molar-refractivity contribution < 1.29 is 17.9 Å². The summed E-state index contributed by atoms with van der Waals surface area (Å²) < 4.78 is 43.0. The van der Waals surface area contributed by atoms with E-state index in [4.69, 9.17) is 16.3 Å². The molecule has 120 valence electrons. The van der Waals surface area contributed by atoms with Crippen LogP contribution in [-0.4, -0.2) is 4.98 Å². The van der Waals surface area contributed by atoms with Crippen LogP contribution in [0.25, 0.3) is 0 Å². The number of pyridine rings is 1. The molecule has 0 saturated heterocycles. The molecular formula is C16H17ClF3NO. The van der Waals surface area contributed by atoms with E-state index in [-0.39, 0.29) is 12.3 Å². The van der Waals surface area contributed by atoms with Gasteiger partial charge in [-0.15, -0.1) is 0 Å². The molecule has 0 aliphatic carbocycles. The third-order valence-corrected chi connectivity index (χ3v) is 2.90. The van der Waals surface area contributed by atoms with Crippen molar-refractivity contribution >= 4 is 11.6 Å². The van der Waals surface area contributed by atoms with Crippen molar-refractivity contribution in [2.75, 3.05) is 0 Å². The largest absolute Gasteiger partial charge is 0.486 e. The molecule has 0 fully saturated rings. The molecule has 0 spiro atoms. The number of alkyl halides is 3. The van der Waals surface area contributed by atoms with Gasteiger partial charge in [0.25, 0.3) is 0 Å². The fourth-order valence-corrected chi connectivity index (χ4v) is 1.90. The predicted octanol–water partition coefficient (Wildman–Crippen LogP) is 5.67. The number of benzene rings is 1. The highest BCUT2D eigenvalue weighted by Crippen LogP contribution is 2.30. The van der Waals surface area contributed by atoms with Crippen molar-refractivity contribution in [2.45, 2.75) is 33.6 Å². The molecule has 1 aromatic heterocycles. The Labute approximate surface area is 132 Å². The van der Waals surface area contributed by atoms with Crippen LogP contribution in [0.5, 0.6) is 5.75 Å². The van der Waals surface area contributed by atoms with Gasteiger partial charge >= 0.3 is 6.18 Å². The zero-order valence-corrected chi connectivity index (χ0v) is 13.3. The Kier molecular flexibility index (Phi) is 6.68. The molecule has 1 heterocycles. The van der Waals surface area contributed by atoms with Gasteiger partial charge < -0.3 is 4.74 Å². The van der Waals surface area contributed by atoms with Gasteiger partial charge in [0.05, 0.1) is 16.3 Å². The second-order valence-electron chi connectivity index (χ2n) is 4.26. The van der Waals surface area contributed by atoms with Crippen LogP contribution in [0.15, 0.2) is 36.5 Å². The van der Waals surface area contributed by atoms with Gasteiger partial charge in [0.1, 0.15) is 12.4 Å². The molecule has 0 N–H and O–H groups in total. The molecule has 2 nitrogen and oxygen atoms in total. The Hall–Kier alpha value is -1.75. The van der Waals surface area contributed by atoms with Gasteiger partial charge in [-0.3, -0.25) is 4.98 Å². The quantitative estimate of drug-likeness (QED) is 0.723. The van der Waals surface area contributed by atoms with Crippen molar-refractivity contribution in [3.8, 4) is 5.75 Å². The molecule has 0 atom stereocenters. The fourth-order valence-electron chi connectivity index (χ4n) is 1.61. The van der Waals surface area contributed by atoms with Crippen molar-refractivity contribution in [3.05, 3.63) is 58.4 Å². The Morgan fingerprint density at radius 2 is 1.82 bits per heavy atom. The summed E-state index contributed by atoms with van der Waals surface area (Å²) in [5, 5.41) is 0.414. The summed E-state index contributed by atoms with van der Waals surface area (Å²) in [7, 11) is 0. The number of aryl methyl sites for hydroxylation is 1. The van der Waals surface area contributed by atoms with Gasteiger partial charge in [-0.1, -0.05) is 31.5 Å². The van der Waals surface area contributed by atoms with Gasteiger partial charge in [0.15, 0.2) is 0 Å². The molecule has 0 aliphatic heterocycles. The van der Waals surface area contributed by atoms with Crippen LogP contribution in [0.2, 0.25) is 5.02 Å². The van der Waals surface area contributed by atoms with E-state index in [1.807, 2.05) is 20.8 Å². The number of rotatable bonds is 3. The Bertz CT molecular complexity index is 615. The fraction of sp³-hybridized carbons (Fsp3) is 0.312. The molecule has 0 aliphatic rings. The molecule has 2 aromatic rings. The Morgan fingerprint density at radius 3 is 2.41 bits per heavy atom. The lowest BCUT2D eigenvalue weighted by molar-refractivity contribution is -0.137. The number of aromatic nitrogens is 1. The maximum absolute atomic E-state index is 12.5. The summed E-state index contributed by atoms with van der Waals surface area (Å²) in [5.74, 6) is 0.413. The number of hydrogen-bond acceptors (Lipinski definition) is 2. The normalized spacial score (nSPS) is 10.7. The van der Waals surface area contributed by atoms with E-state index in [9.17, 15) is 13.2 Å². The van der Waals surface area contributed by atoms with Crippen molar-refractivity contribution in [3.63, 3.8) is 0 Å². The third kappa shape index (κ3) is 5.22. The summed E-state index contributed by atoms with van der Waals surface area (Å²) in [6, 6.07) is 7.08. The number of halogens is 4. The number of hydrogen-bond donors (Lipinski definition) is 0. The maximum Gasteiger partial charge on any atom is 0.416 e. The SMILES string of the molecule is CC.Cc1ccc(OCc2cc(C(F)(F)F)ccn2)c(Cl)c1. The van der Waals surface area contributed by atoms with E-state index in [0.29, 0.717) is 10.8 Å². The second kappa shape index (κ2) is 8.03. The van der Waals surface area contributed by atoms with Crippen LogP contribution in [-0.2, 0) is 12.8 Å². The van der Waals surface area contributed by atoms with E-state index in [0.717, 1.165) is 23.9 Å². The van der Waals surface area contributed by atoms with Crippen LogP contribution in [0.1, 0.15) is 30.7 Å². The molecule has 0 saturated carbocycles. The molecular weight excluding hydrogens is 315 g/mol. The first kappa shape index (κ1) is 18.3. The predicted molar refractivity (Wildman–Crippen MR) is 81.1 cm³/mol.